The molecule has 0 spiro atoms. The Balaban J connectivity index is 2.54. The summed E-state index contributed by atoms with van der Waals surface area (Å²) in [7, 11) is 0. The van der Waals surface area contributed by atoms with E-state index < -0.39 is 0 Å². The molecule has 114 valence electrons. The summed E-state index contributed by atoms with van der Waals surface area (Å²) in [5.74, 6) is 0.0993. The van der Waals surface area contributed by atoms with Crippen LogP contribution in [0.1, 0.15) is 53.4 Å². The van der Waals surface area contributed by atoms with Crippen LogP contribution in [0.2, 0.25) is 0 Å². The molecule has 20 heavy (non-hydrogen) atoms. The Morgan fingerprint density at radius 1 is 1.50 bits per heavy atom. The Morgan fingerprint density at radius 3 is 2.75 bits per heavy atom. The number of esters is 1. The minimum Gasteiger partial charge on any atom is -0.462 e. The van der Waals surface area contributed by atoms with Crippen LogP contribution < -0.4 is 0 Å². The van der Waals surface area contributed by atoms with Gasteiger partial charge in [-0.15, -0.1) is 0 Å². The first kappa shape index (κ1) is 17.0. The van der Waals surface area contributed by atoms with E-state index in [1.165, 1.54) is 18.1 Å². The predicted octanol–water partition coefficient (Wildman–Crippen LogP) is 3.63. The molecule has 0 bridgehead atoms. The van der Waals surface area contributed by atoms with Gasteiger partial charge in [-0.3, -0.25) is 4.79 Å². The average Bonchev–Trinajstić information content (AvgIpc) is 2.33. The van der Waals surface area contributed by atoms with E-state index in [4.69, 9.17) is 4.74 Å². The third-order valence-corrected chi connectivity index (χ3v) is 4.53. The first-order valence-electron chi connectivity index (χ1n) is 7.40. The smallest absolute Gasteiger partial charge is 0.302 e. The van der Waals surface area contributed by atoms with Crippen LogP contribution in [0.4, 0.5) is 0 Å². The first-order valence-corrected chi connectivity index (χ1v) is 7.40. The number of ether oxygens (including phenoxy) is 1. The van der Waals surface area contributed by atoms with Gasteiger partial charge in [0.1, 0.15) is 6.61 Å². The number of carbonyl (C=O) groups excluding carboxylic acids is 1. The van der Waals surface area contributed by atoms with Crippen LogP contribution in [0.5, 0.6) is 0 Å². The van der Waals surface area contributed by atoms with Crippen molar-refractivity contribution in [1.82, 2.24) is 0 Å². The molecular weight excluding hydrogens is 252 g/mol. The van der Waals surface area contributed by atoms with E-state index in [1.807, 2.05) is 6.08 Å². The lowest BCUT2D eigenvalue weighted by Crippen LogP contribution is -2.41. The quantitative estimate of drug-likeness (QED) is 0.618. The van der Waals surface area contributed by atoms with Gasteiger partial charge in [0.25, 0.3) is 0 Å². The normalized spacial score (nSPS) is 26.4. The molecule has 3 nitrogen and oxygen atoms in total. The number of aliphatic hydroxyl groups is 1. The lowest BCUT2D eigenvalue weighted by molar-refractivity contribution is -0.139. The van der Waals surface area contributed by atoms with Crippen molar-refractivity contribution in [3.05, 3.63) is 23.8 Å². The Bertz CT molecular complexity index is 393. The molecule has 0 aromatic heterocycles. The number of allylic oxidation sites excluding steroid dienone is 2. The zero-order valence-corrected chi connectivity index (χ0v) is 13.2. The molecule has 0 unspecified atom stereocenters. The van der Waals surface area contributed by atoms with Gasteiger partial charge in [0.15, 0.2) is 0 Å². The molecule has 1 rings (SSSR count). The van der Waals surface area contributed by atoms with Crippen LogP contribution in [0.3, 0.4) is 0 Å². The fourth-order valence-electron chi connectivity index (χ4n) is 2.98. The number of carbonyl (C=O) groups is 1. The van der Waals surface area contributed by atoms with E-state index in [1.54, 1.807) is 0 Å². The van der Waals surface area contributed by atoms with Crippen LogP contribution in [-0.2, 0) is 9.53 Å². The lowest BCUT2D eigenvalue weighted by Gasteiger charge is -2.44. The molecule has 3 heteroatoms. The van der Waals surface area contributed by atoms with Crippen molar-refractivity contribution in [2.45, 2.75) is 59.5 Å². The molecule has 0 amide bonds. The Labute approximate surface area is 122 Å². The summed E-state index contributed by atoms with van der Waals surface area (Å²) in [4.78, 5) is 10.7. The van der Waals surface area contributed by atoms with Gasteiger partial charge in [0.05, 0.1) is 6.10 Å². The summed E-state index contributed by atoms with van der Waals surface area (Å²) in [5.41, 5.74) is 2.37. The van der Waals surface area contributed by atoms with Crippen LogP contribution in [0.15, 0.2) is 23.8 Å². The molecule has 0 saturated heterocycles. The van der Waals surface area contributed by atoms with Crippen LogP contribution in [-0.4, -0.2) is 23.8 Å². The molecule has 2 atom stereocenters. The highest BCUT2D eigenvalue weighted by Crippen LogP contribution is 2.45. The monoisotopic (exact) mass is 280 g/mol. The molecule has 1 aliphatic carbocycles. The molecule has 1 saturated carbocycles. The topological polar surface area (TPSA) is 46.5 Å². The fraction of sp³-hybridized carbons (Fsp3) is 0.706. The Hall–Kier alpha value is -1.09. The second-order valence-corrected chi connectivity index (χ2v) is 6.48. The van der Waals surface area contributed by atoms with Gasteiger partial charge < -0.3 is 9.84 Å². The molecule has 1 N–H and O–H groups in total. The van der Waals surface area contributed by atoms with Gasteiger partial charge >= 0.3 is 5.97 Å². The summed E-state index contributed by atoms with van der Waals surface area (Å²) in [6.07, 6.45) is 5.39. The standard InChI is InChI=1S/C17H28O3/c1-12(10-11-20-14(3)18)6-8-15-13(2)7-9-16(19)17(15,4)5/h10,15-16,19H,2,6-9,11H2,1,3-5H3/b12-10+/t15-,16-/m1/s1. The molecule has 1 aliphatic rings. The summed E-state index contributed by atoms with van der Waals surface area (Å²) in [6, 6.07) is 0. The van der Waals surface area contributed by atoms with Crippen molar-refractivity contribution in [1.29, 1.82) is 0 Å². The van der Waals surface area contributed by atoms with Gasteiger partial charge in [-0.05, 0) is 50.0 Å². The van der Waals surface area contributed by atoms with E-state index in [0.717, 1.165) is 25.7 Å². The Kier molecular flexibility index (Phi) is 6.00. The average molecular weight is 280 g/mol. The van der Waals surface area contributed by atoms with Gasteiger partial charge in [0.2, 0.25) is 0 Å². The molecule has 0 aromatic rings. The maximum Gasteiger partial charge on any atom is 0.302 e. The highest BCUT2D eigenvalue weighted by Gasteiger charge is 2.40. The van der Waals surface area contributed by atoms with E-state index in [9.17, 15) is 9.90 Å². The fourth-order valence-corrected chi connectivity index (χ4v) is 2.98. The van der Waals surface area contributed by atoms with Crippen LogP contribution in [0, 0.1) is 11.3 Å². The van der Waals surface area contributed by atoms with Gasteiger partial charge in [-0.1, -0.05) is 31.6 Å². The minimum atomic E-state index is -0.251. The zero-order chi connectivity index (χ0) is 15.3. The maximum atomic E-state index is 10.7. The van der Waals surface area contributed by atoms with Gasteiger partial charge in [0, 0.05) is 6.92 Å². The van der Waals surface area contributed by atoms with Crippen molar-refractivity contribution >= 4 is 5.97 Å². The highest BCUT2D eigenvalue weighted by molar-refractivity contribution is 5.66. The summed E-state index contributed by atoms with van der Waals surface area (Å²) in [5, 5.41) is 10.2. The molecule has 0 aliphatic heterocycles. The summed E-state index contributed by atoms with van der Waals surface area (Å²) in [6.45, 7) is 12.3. The van der Waals surface area contributed by atoms with E-state index in [2.05, 4.69) is 27.4 Å². The molecule has 1 fully saturated rings. The molecule has 0 aromatic carbocycles. The van der Waals surface area contributed by atoms with E-state index >= 15 is 0 Å². The zero-order valence-electron chi connectivity index (χ0n) is 13.2. The largest absolute Gasteiger partial charge is 0.462 e. The number of aliphatic hydroxyl groups excluding tert-OH is 1. The summed E-state index contributed by atoms with van der Waals surface area (Å²) >= 11 is 0. The summed E-state index contributed by atoms with van der Waals surface area (Å²) < 4.78 is 4.91. The van der Waals surface area contributed by atoms with Crippen molar-refractivity contribution in [2.24, 2.45) is 11.3 Å². The predicted molar refractivity (Wildman–Crippen MR) is 81.3 cm³/mol. The lowest BCUT2D eigenvalue weighted by atomic mass is 9.63. The van der Waals surface area contributed by atoms with Gasteiger partial charge in [-0.25, -0.2) is 0 Å². The highest BCUT2D eigenvalue weighted by atomic mass is 16.5. The van der Waals surface area contributed by atoms with Crippen molar-refractivity contribution in [2.75, 3.05) is 6.61 Å². The second-order valence-electron chi connectivity index (χ2n) is 6.48. The maximum absolute atomic E-state index is 10.7. The van der Waals surface area contributed by atoms with E-state index in [-0.39, 0.29) is 17.5 Å². The number of hydrogen-bond donors (Lipinski definition) is 1. The van der Waals surface area contributed by atoms with Gasteiger partial charge in [-0.2, -0.15) is 0 Å². The minimum absolute atomic E-state index is 0.106. The third kappa shape index (κ3) is 4.48. The Morgan fingerprint density at radius 2 is 2.15 bits per heavy atom. The molecular formula is C17H28O3. The van der Waals surface area contributed by atoms with Crippen molar-refractivity contribution in [3.8, 4) is 0 Å². The second kappa shape index (κ2) is 7.07. The molecule has 0 heterocycles. The third-order valence-electron chi connectivity index (χ3n) is 4.53. The van der Waals surface area contributed by atoms with Crippen molar-refractivity contribution in [3.63, 3.8) is 0 Å². The number of rotatable bonds is 5. The van der Waals surface area contributed by atoms with Crippen LogP contribution >= 0.6 is 0 Å². The number of hydrogen-bond acceptors (Lipinski definition) is 3. The van der Waals surface area contributed by atoms with Crippen molar-refractivity contribution < 1.29 is 14.6 Å². The molecule has 0 radical (unpaired) electrons. The van der Waals surface area contributed by atoms with Crippen LogP contribution in [0.25, 0.3) is 0 Å². The SMILES string of the molecule is C=C1CC[C@@H](O)C(C)(C)[C@@H]1CC/C(C)=C/COC(C)=O. The van der Waals surface area contributed by atoms with E-state index in [0.29, 0.717) is 12.5 Å². The first-order chi connectivity index (χ1) is 9.25.